The van der Waals surface area contributed by atoms with Gasteiger partial charge in [-0.15, -0.1) is 0 Å². The minimum atomic E-state index is -1.41. The first-order valence-electron chi connectivity index (χ1n) is 7.71. The van der Waals surface area contributed by atoms with Crippen LogP contribution < -0.4 is 0 Å². The van der Waals surface area contributed by atoms with Gasteiger partial charge in [-0.2, -0.15) is 0 Å². The summed E-state index contributed by atoms with van der Waals surface area (Å²) >= 11 is 0. The normalized spacial score (nSPS) is 11.3. The molecule has 0 aliphatic carbocycles. The van der Waals surface area contributed by atoms with E-state index in [1.54, 1.807) is 6.08 Å². The average Bonchev–Trinajstić information content (AvgIpc) is 2.39. The number of aliphatic carboxylic acids is 2. The molecular formula is C16H28O4. The number of rotatable bonds is 13. The van der Waals surface area contributed by atoms with Crippen molar-refractivity contribution in [2.45, 2.75) is 71.1 Å². The molecule has 0 radical (unpaired) electrons. The zero-order chi connectivity index (χ0) is 15.2. The SMILES string of the molecule is CCCCCCCCCCC/C=C\C(C(=O)O)C(=O)O. The van der Waals surface area contributed by atoms with Crippen LogP contribution in [0.5, 0.6) is 0 Å². The predicted molar refractivity (Wildman–Crippen MR) is 79.7 cm³/mol. The van der Waals surface area contributed by atoms with Gasteiger partial charge in [-0.05, 0) is 12.8 Å². The van der Waals surface area contributed by atoms with E-state index >= 15 is 0 Å². The highest BCUT2D eigenvalue weighted by atomic mass is 16.4. The van der Waals surface area contributed by atoms with Crippen molar-refractivity contribution in [3.05, 3.63) is 12.2 Å². The molecule has 0 spiro atoms. The van der Waals surface area contributed by atoms with E-state index < -0.39 is 17.9 Å². The second-order valence-electron chi connectivity index (χ2n) is 5.20. The lowest BCUT2D eigenvalue weighted by molar-refractivity contribution is -0.151. The van der Waals surface area contributed by atoms with E-state index in [0.717, 1.165) is 19.3 Å². The molecule has 0 fully saturated rings. The van der Waals surface area contributed by atoms with Gasteiger partial charge in [0.05, 0.1) is 0 Å². The smallest absolute Gasteiger partial charge is 0.321 e. The van der Waals surface area contributed by atoms with Crippen LogP contribution in [0.4, 0.5) is 0 Å². The van der Waals surface area contributed by atoms with Gasteiger partial charge in [-0.3, -0.25) is 9.59 Å². The number of hydrogen-bond donors (Lipinski definition) is 2. The van der Waals surface area contributed by atoms with Crippen molar-refractivity contribution in [1.82, 2.24) is 0 Å². The van der Waals surface area contributed by atoms with Crippen molar-refractivity contribution in [2.24, 2.45) is 5.92 Å². The molecule has 0 saturated carbocycles. The van der Waals surface area contributed by atoms with Crippen LogP contribution in [0.2, 0.25) is 0 Å². The van der Waals surface area contributed by atoms with Crippen molar-refractivity contribution in [3.63, 3.8) is 0 Å². The predicted octanol–water partition coefficient (Wildman–Crippen LogP) is 4.25. The second kappa shape index (κ2) is 12.7. The Morgan fingerprint density at radius 3 is 1.75 bits per heavy atom. The van der Waals surface area contributed by atoms with E-state index in [4.69, 9.17) is 10.2 Å². The maximum absolute atomic E-state index is 10.6. The Morgan fingerprint density at radius 1 is 0.850 bits per heavy atom. The van der Waals surface area contributed by atoms with Gasteiger partial charge in [0.25, 0.3) is 0 Å². The van der Waals surface area contributed by atoms with Crippen molar-refractivity contribution in [1.29, 1.82) is 0 Å². The number of carbonyl (C=O) groups is 2. The molecule has 0 bridgehead atoms. The molecule has 2 N–H and O–H groups in total. The Morgan fingerprint density at radius 2 is 1.30 bits per heavy atom. The lowest BCUT2D eigenvalue weighted by Crippen LogP contribution is -2.20. The molecule has 4 heteroatoms. The number of hydrogen-bond acceptors (Lipinski definition) is 2. The quantitative estimate of drug-likeness (QED) is 0.301. The molecule has 0 rings (SSSR count). The molecule has 0 aliphatic rings. The van der Waals surface area contributed by atoms with Crippen LogP contribution in [0.3, 0.4) is 0 Å². The van der Waals surface area contributed by atoms with E-state index in [9.17, 15) is 9.59 Å². The zero-order valence-corrected chi connectivity index (χ0v) is 12.5. The van der Waals surface area contributed by atoms with E-state index in [-0.39, 0.29) is 0 Å². The van der Waals surface area contributed by atoms with E-state index in [0.29, 0.717) is 0 Å². The maximum Gasteiger partial charge on any atom is 0.321 e. The fraction of sp³-hybridized carbons (Fsp3) is 0.750. The van der Waals surface area contributed by atoms with Gasteiger partial charge in [-0.25, -0.2) is 0 Å². The van der Waals surface area contributed by atoms with Crippen LogP contribution in [0, 0.1) is 5.92 Å². The first kappa shape index (κ1) is 18.7. The van der Waals surface area contributed by atoms with Crippen LogP contribution in [0.1, 0.15) is 71.1 Å². The highest BCUT2D eigenvalue weighted by Crippen LogP contribution is 2.11. The molecule has 0 atom stereocenters. The average molecular weight is 284 g/mol. The number of unbranched alkanes of at least 4 members (excludes halogenated alkanes) is 9. The molecule has 0 saturated heterocycles. The Bertz CT molecular complexity index is 283. The number of allylic oxidation sites excluding steroid dienone is 1. The van der Waals surface area contributed by atoms with Crippen LogP contribution in [-0.2, 0) is 9.59 Å². The minimum absolute atomic E-state index is 0.757. The fourth-order valence-corrected chi connectivity index (χ4v) is 2.08. The van der Waals surface area contributed by atoms with E-state index in [1.807, 2.05) is 0 Å². The van der Waals surface area contributed by atoms with Gasteiger partial charge in [0.1, 0.15) is 0 Å². The Kier molecular flexibility index (Phi) is 11.9. The van der Waals surface area contributed by atoms with Gasteiger partial charge < -0.3 is 10.2 Å². The van der Waals surface area contributed by atoms with E-state index in [1.165, 1.54) is 51.0 Å². The summed E-state index contributed by atoms with van der Waals surface area (Å²) in [5.41, 5.74) is 0. The van der Waals surface area contributed by atoms with Gasteiger partial charge in [0.2, 0.25) is 0 Å². The molecule has 0 unspecified atom stereocenters. The van der Waals surface area contributed by atoms with Crippen LogP contribution in [-0.4, -0.2) is 22.2 Å². The highest BCUT2D eigenvalue weighted by molar-refractivity contribution is 5.94. The zero-order valence-electron chi connectivity index (χ0n) is 12.5. The first-order chi connectivity index (χ1) is 9.59. The maximum atomic E-state index is 10.6. The molecule has 0 aromatic rings. The third-order valence-corrected chi connectivity index (χ3v) is 3.33. The summed E-state index contributed by atoms with van der Waals surface area (Å²) in [6.07, 6.45) is 14.9. The molecule has 20 heavy (non-hydrogen) atoms. The molecule has 0 aliphatic heterocycles. The van der Waals surface area contributed by atoms with Crippen molar-refractivity contribution >= 4 is 11.9 Å². The van der Waals surface area contributed by atoms with Crippen molar-refractivity contribution in [3.8, 4) is 0 Å². The lowest BCUT2D eigenvalue weighted by atomic mass is 10.1. The molecule has 0 aromatic carbocycles. The molecular weight excluding hydrogens is 256 g/mol. The summed E-state index contributed by atoms with van der Waals surface area (Å²) in [6, 6.07) is 0. The number of carboxylic acid groups (broad SMARTS) is 2. The summed E-state index contributed by atoms with van der Waals surface area (Å²) in [7, 11) is 0. The van der Waals surface area contributed by atoms with Gasteiger partial charge in [0, 0.05) is 0 Å². The Labute approximate surface area is 121 Å². The molecule has 0 aromatic heterocycles. The molecule has 4 nitrogen and oxygen atoms in total. The largest absolute Gasteiger partial charge is 0.480 e. The Balaban J connectivity index is 3.47. The first-order valence-corrected chi connectivity index (χ1v) is 7.71. The highest BCUT2D eigenvalue weighted by Gasteiger charge is 2.21. The summed E-state index contributed by atoms with van der Waals surface area (Å²) in [5, 5.41) is 17.3. The van der Waals surface area contributed by atoms with Gasteiger partial charge in [-0.1, -0.05) is 70.4 Å². The topological polar surface area (TPSA) is 74.6 Å². The molecule has 116 valence electrons. The third kappa shape index (κ3) is 10.6. The summed E-state index contributed by atoms with van der Waals surface area (Å²) in [5.74, 6) is -4.02. The minimum Gasteiger partial charge on any atom is -0.480 e. The monoisotopic (exact) mass is 284 g/mol. The van der Waals surface area contributed by atoms with Crippen LogP contribution in [0.15, 0.2) is 12.2 Å². The van der Waals surface area contributed by atoms with E-state index in [2.05, 4.69) is 6.92 Å². The van der Waals surface area contributed by atoms with Crippen LogP contribution >= 0.6 is 0 Å². The van der Waals surface area contributed by atoms with Gasteiger partial charge >= 0.3 is 11.9 Å². The van der Waals surface area contributed by atoms with Gasteiger partial charge in [0.15, 0.2) is 5.92 Å². The Hall–Kier alpha value is -1.32. The van der Waals surface area contributed by atoms with Crippen molar-refractivity contribution < 1.29 is 19.8 Å². The fourth-order valence-electron chi connectivity index (χ4n) is 2.08. The van der Waals surface area contributed by atoms with Crippen molar-refractivity contribution in [2.75, 3.05) is 0 Å². The summed E-state index contributed by atoms with van der Waals surface area (Å²) < 4.78 is 0. The van der Waals surface area contributed by atoms with Crippen LogP contribution in [0.25, 0.3) is 0 Å². The molecule has 0 heterocycles. The summed E-state index contributed by atoms with van der Waals surface area (Å²) in [4.78, 5) is 21.2. The molecule has 0 amide bonds. The number of carboxylic acids is 2. The summed E-state index contributed by atoms with van der Waals surface area (Å²) in [6.45, 7) is 2.22. The second-order valence-corrected chi connectivity index (χ2v) is 5.20. The standard InChI is InChI=1S/C16H28O4/c1-2-3-4-5-6-7-8-9-10-11-12-13-14(15(17)18)16(19)20/h12-14H,2-11H2,1H3,(H,17,18)(H,19,20)/b13-12-. The lowest BCUT2D eigenvalue weighted by Gasteiger charge is -2.01. The third-order valence-electron chi connectivity index (χ3n) is 3.33.